The molecule has 2 atom stereocenters. The molecule has 1 saturated heterocycles. The van der Waals surface area contributed by atoms with Crippen LogP contribution in [0.4, 0.5) is 4.39 Å². The molecule has 0 radical (unpaired) electrons. The van der Waals surface area contributed by atoms with E-state index in [1.54, 1.807) is 23.1 Å². The smallest absolute Gasteiger partial charge is 0.222 e. The van der Waals surface area contributed by atoms with Crippen LogP contribution in [0.1, 0.15) is 37.8 Å². The molecule has 1 fully saturated rings. The zero-order chi connectivity index (χ0) is 13.8. The van der Waals surface area contributed by atoms with Crippen LogP contribution in [-0.4, -0.2) is 23.9 Å². The zero-order valence-electron chi connectivity index (χ0n) is 11.3. The largest absolute Gasteiger partial charge is 0.340 e. The van der Waals surface area contributed by atoms with Crippen LogP contribution in [0.2, 0.25) is 0 Å². The predicted molar refractivity (Wildman–Crippen MR) is 72.9 cm³/mol. The topological polar surface area (TPSA) is 46.3 Å². The zero-order valence-corrected chi connectivity index (χ0v) is 11.3. The quantitative estimate of drug-likeness (QED) is 0.888. The van der Waals surface area contributed by atoms with Gasteiger partial charge < -0.3 is 10.6 Å². The molecule has 4 heteroatoms. The van der Waals surface area contributed by atoms with Crippen molar-refractivity contribution in [2.24, 2.45) is 11.7 Å². The minimum Gasteiger partial charge on any atom is -0.340 e. The normalized spacial score (nSPS) is 20.9. The monoisotopic (exact) mass is 264 g/mol. The van der Waals surface area contributed by atoms with Gasteiger partial charge in [0.1, 0.15) is 5.82 Å². The van der Waals surface area contributed by atoms with E-state index < -0.39 is 6.04 Å². The Kier molecular flexibility index (Phi) is 4.53. The van der Waals surface area contributed by atoms with Gasteiger partial charge in [0, 0.05) is 25.1 Å². The van der Waals surface area contributed by atoms with Crippen molar-refractivity contribution >= 4 is 5.91 Å². The number of carbonyl (C=O) groups is 1. The molecule has 2 N–H and O–H groups in total. The van der Waals surface area contributed by atoms with Gasteiger partial charge in [0.2, 0.25) is 5.91 Å². The lowest BCUT2D eigenvalue weighted by molar-refractivity contribution is -0.127. The maximum Gasteiger partial charge on any atom is 0.222 e. The van der Waals surface area contributed by atoms with Crippen LogP contribution in [0.15, 0.2) is 24.3 Å². The van der Waals surface area contributed by atoms with E-state index in [-0.39, 0.29) is 11.7 Å². The fourth-order valence-electron chi connectivity index (χ4n) is 2.74. The second-order valence-electron chi connectivity index (χ2n) is 5.29. The summed E-state index contributed by atoms with van der Waals surface area (Å²) >= 11 is 0. The third-order valence-corrected chi connectivity index (χ3v) is 3.71. The molecular weight excluding hydrogens is 243 g/mol. The summed E-state index contributed by atoms with van der Waals surface area (Å²) in [7, 11) is 0. The highest BCUT2D eigenvalue weighted by atomic mass is 19.1. The Bertz CT molecular complexity index is 450. The summed E-state index contributed by atoms with van der Waals surface area (Å²) in [6, 6.07) is 6.05. The van der Waals surface area contributed by atoms with E-state index in [4.69, 9.17) is 5.73 Å². The van der Waals surface area contributed by atoms with E-state index in [9.17, 15) is 9.18 Å². The van der Waals surface area contributed by atoms with Crippen LogP contribution in [0.25, 0.3) is 0 Å². The van der Waals surface area contributed by atoms with Gasteiger partial charge in [-0.15, -0.1) is 0 Å². The second-order valence-corrected chi connectivity index (χ2v) is 5.29. The molecule has 0 saturated carbocycles. The van der Waals surface area contributed by atoms with Gasteiger partial charge in [0.05, 0.1) is 6.04 Å². The second kappa shape index (κ2) is 6.15. The van der Waals surface area contributed by atoms with Crippen LogP contribution in [0.3, 0.4) is 0 Å². The highest BCUT2D eigenvalue weighted by Gasteiger charge is 2.30. The van der Waals surface area contributed by atoms with Crippen molar-refractivity contribution in [1.29, 1.82) is 0 Å². The summed E-state index contributed by atoms with van der Waals surface area (Å²) in [6.45, 7) is 3.28. The van der Waals surface area contributed by atoms with Crippen LogP contribution in [0.5, 0.6) is 0 Å². The number of amides is 1. The SMILES string of the molecule is CCCC1CC(=O)N(CC(N)c2ccccc2F)C1. The molecule has 19 heavy (non-hydrogen) atoms. The molecule has 3 nitrogen and oxygen atoms in total. The number of likely N-dealkylation sites (tertiary alicyclic amines) is 1. The van der Waals surface area contributed by atoms with Crippen LogP contribution < -0.4 is 5.73 Å². The Hall–Kier alpha value is -1.42. The number of rotatable bonds is 5. The molecular formula is C15H21FN2O. The molecule has 1 aromatic carbocycles. The first-order valence-corrected chi connectivity index (χ1v) is 6.89. The minimum atomic E-state index is -0.453. The molecule has 104 valence electrons. The molecule has 2 rings (SSSR count). The predicted octanol–water partition coefficient (Wildman–Crippen LogP) is 2.47. The van der Waals surface area contributed by atoms with Gasteiger partial charge in [-0.3, -0.25) is 4.79 Å². The Labute approximate surface area is 113 Å². The fourth-order valence-corrected chi connectivity index (χ4v) is 2.74. The molecule has 1 aliphatic heterocycles. The van der Waals surface area contributed by atoms with Crippen molar-refractivity contribution in [2.75, 3.05) is 13.1 Å². The van der Waals surface area contributed by atoms with Gasteiger partial charge in [-0.05, 0) is 18.4 Å². The lowest BCUT2D eigenvalue weighted by atomic mass is 10.0. The molecule has 1 aliphatic rings. The number of nitrogens with zero attached hydrogens (tertiary/aromatic N) is 1. The first-order chi connectivity index (χ1) is 9.11. The van der Waals surface area contributed by atoms with Crippen molar-refractivity contribution in [3.8, 4) is 0 Å². The minimum absolute atomic E-state index is 0.144. The number of hydrogen-bond donors (Lipinski definition) is 1. The summed E-state index contributed by atoms with van der Waals surface area (Å²) in [5.74, 6) is 0.280. The third kappa shape index (κ3) is 3.32. The Morgan fingerprint density at radius 2 is 2.21 bits per heavy atom. The van der Waals surface area contributed by atoms with Crippen molar-refractivity contribution in [3.63, 3.8) is 0 Å². The number of nitrogens with two attached hydrogens (primary N) is 1. The summed E-state index contributed by atoms with van der Waals surface area (Å²) in [4.78, 5) is 13.7. The molecule has 0 bridgehead atoms. The summed E-state index contributed by atoms with van der Waals surface area (Å²) in [5.41, 5.74) is 6.50. The Morgan fingerprint density at radius 3 is 2.89 bits per heavy atom. The van der Waals surface area contributed by atoms with Crippen molar-refractivity contribution in [1.82, 2.24) is 4.90 Å². The Balaban J connectivity index is 1.98. The first-order valence-electron chi connectivity index (χ1n) is 6.89. The first kappa shape index (κ1) is 14.0. The number of hydrogen-bond acceptors (Lipinski definition) is 2. The lowest BCUT2D eigenvalue weighted by Crippen LogP contribution is -2.33. The van der Waals surface area contributed by atoms with Gasteiger partial charge in [-0.25, -0.2) is 4.39 Å². The van der Waals surface area contributed by atoms with Crippen molar-refractivity contribution in [2.45, 2.75) is 32.2 Å². The number of halogens is 1. The van der Waals surface area contributed by atoms with Gasteiger partial charge >= 0.3 is 0 Å². The highest BCUT2D eigenvalue weighted by molar-refractivity contribution is 5.78. The molecule has 1 amide bonds. The molecule has 0 aromatic heterocycles. The molecule has 0 aliphatic carbocycles. The molecule has 1 aromatic rings. The van der Waals surface area contributed by atoms with Crippen LogP contribution in [0, 0.1) is 11.7 Å². The van der Waals surface area contributed by atoms with E-state index in [2.05, 4.69) is 6.92 Å². The summed E-state index contributed by atoms with van der Waals surface area (Å²) < 4.78 is 13.6. The summed E-state index contributed by atoms with van der Waals surface area (Å²) in [6.07, 6.45) is 2.76. The van der Waals surface area contributed by atoms with Gasteiger partial charge in [0.15, 0.2) is 0 Å². The standard InChI is InChI=1S/C15H21FN2O/c1-2-5-11-8-15(19)18(9-11)10-14(17)12-6-3-4-7-13(12)16/h3-4,6-7,11,14H,2,5,8-10,17H2,1H3. The highest BCUT2D eigenvalue weighted by Crippen LogP contribution is 2.24. The van der Waals surface area contributed by atoms with E-state index in [1.807, 2.05) is 0 Å². The maximum absolute atomic E-state index is 13.6. The van der Waals surface area contributed by atoms with Crippen LogP contribution in [-0.2, 0) is 4.79 Å². The maximum atomic E-state index is 13.6. The van der Waals surface area contributed by atoms with E-state index >= 15 is 0 Å². The van der Waals surface area contributed by atoms with Gasteiger partial charge in [-0.2, -0.15) is 0 Å². The fraction of sp³-hybridized carbons (Fsp3) is 0.533. The molecule has 0 spiro atoms. The summed E-state index contributed by atoms with van der Waals surface area (Å²) in [5, 5.41) is 0. The molecule has 2 unspecified atom stereocenters. The third-order valence-electron chi connectivity index (χ3n) is 3.71. The van der Waals surface area contributed by atoms with Crippen LogP contribution >= 0.6 is 0 Å². The van der Waals surface area contributed by atoms with Crippen molar-refractivity contribution in [3.05, 3.63) is 35.6 Å². The van der Waals surface area contributed by atoms with Gasteiger partial charge in [0.25, 0.3) is 0 Å². The van der Waals surface area contributed by atoms with E-state index in [0.717, 1.165) is 19.4 Å². The van der Waals surface area contributed by atoms with E-state index in [1.165, 1.54) is 6.07 Å². The van der Waals surface area contributed by atoms with E-state index in [0.29, 0.717) is 24.4 Å². The average molecular weight is 264 g/mol. The Morgan fingerprint density at radius 1 is 1.47 bits per heavy atom. The lowest BCUT2D eigenvalue weighted by Gasteiger charge is -2.22. The van der Waals surface area contributed by atoms with Crippen molar-refractivity contribution < 1.29 is 9.18 Å². The van der Waals surface area contributed by atoms with Gasteiger partial charge in [-0.1, -0.05) is 31.5 Å². The molecule has 1 heterocycles. The average Bonchev–Trinajstić information content (AvgIpc) is 2.70. The number of benzene rings is 1. The number of carbonyl (C=O) groups excluding carboxylic acids is 1.